The Bertz CT molecular complexity index is 501. The van der Waals surface area contributed by atoms with Gasteiger partial charge in [0, 0.05) is 11.4 Å². The van der Waals surface area contributed by atoms with E-state index in [-0.39, 0.29) is 0 Å². The maximum Gasteiger partial charge on any atom is 0.129 e. The third kappa shape index (κ3) is 2.57. The van der Waals surface area contributed by atoms with Crippen molar-refractivity contribution in [3.8, 4) is 0 Å². The van der Waals surface area contributed by atoms with Gasteiger partial charge in [0.15, 0.2) is 0 Å². The summed E-state index contributed by atoms with van der Waals surface area (Å²) in [4.78, 5) is 4.70. The molecule has 0 aliphatic heterocycles. The predicted octanol–water partition coefficient (Wildman–Crippen LogP) is 4.14. The smallest absolute Gasteiger partial charge is 0.129 e. The summed E-state index contributed by atoms with van der Waals surface area (Å²) in [5.41, 5.74) is 2.28. The van der Waals surface area contributed by atoms with Crippen molar-refractivity contribution < 1.29 is 0 Å². The van der Waals surface area contributed by atoms with Crippen LogP contribution in [-0.4, -0.2) is 11.0 Å². The van der Waals surface area contributed by atoms with Crippen LogP contribution in [0.1, 0.15) is 32.3 Å². The van der Waals surface area contributed by atoms with Gasteiger partial charge in [-0.15, -0.1) is 0 Å². The molecule has 90 valence electrons. The van der Waals surface area contributed by atoms with E-state index >= 15 is 0 Å². The van der Waals surface area contributed by atoms with Crippen molar-refractivity contribution in [2.45, 2.75) is 39.7 Å². The molecule has 2 nitrogen and oxygen atoms in total. The molecule has 1 aromatic carbocycles. The molecule has 0 fully saturated rings. The number of benzene rings is 1. The third-order valence-electron chi connectivity index (χ3n) is 3.24. The molecule has 1 aromatic heterocycles. The van der Waals surface area contributed by atoms with Gasteiger partial charge < -0.3 is 5.32 Å². The highest BCUT2D eigenvalue weighted by atomic mass is 15.0. The van der Waals surface area contributed by atoms with Gasteiger partial charge in [0.05, 0.1) is 5.52 Å². The molecule has 0 amide bonds. The topological polar surface area (TPSA) is 24.9 Å². The van der Waals surface area contributed by atoms with Crippen LogP contribution in [0.3, 0.4) is 0 Å². The van der Waals surface area contributed by atoms with Crippen molar-refractivity contribution in [2.24, 2.45) is 0 Å². The van der Waals surface area contributed by atoms with E-state index in [4.69, 9.17) is 4.98 Å². The Kier molecular flexibility index (Phi) is 3.62. The minimum absolute atomic E-state index is 0.516. The predicted molar refractivity (Wildman–Crippen MR) is 74.5 cm³/mol. The zero-order valence-corrected chi connectivity index (χ0v) is 10.8. The lowest BCUT2D eigenvalue weighted by atomic mass is 10.1. The third-order valence-corrected chi connectivity index (χ3v) is 3.24. The average molecular weight is 228 g/mol. The second-order valence-corrected chi connectivity index (χ2v) is 4.50. The lowest BCUT2D eigenvalue weighted by Gasteiger charge is -2.17. The number of hydrogen-bond donors (Lipinski definition) is 1. The van der Waals surface area contributed by atoms with Crippen LogP contribution in [0.5, 0.6) is 0 Å². The van der Waals surface area contributed by atoms with Gasteiger partial charge >= 0.3 is 0 Å². The molecule has 1 heterocycles. The Hall–Kier alpha value is -1.57. The fourth-order valence-electron chi connectivity index (χ4n) is 2.05. The normalized spacial score (nSPS) is 11.1. The van der Waals surface area contributed by atoms with Crippen molar-refractivity contribution in [1.29, 1.82) is 0 Å². The lowest BCUT2D eigenvalue weighted by molar-refractivity contribution is 0.668. The maximum absolute atomic E-state index is 4.70. The van der Waals surface area contributed by atoms with Crippen LogP contribution in [0.2, 0.25) is 0 Å². The lowest BCUT2D eigenvalue weighted by Crippen LogP contribution is -2.18. The summed E-state index contributed by atoms with van der Waals surface area (Å²) >= 11 is 0. The summed E-state index contributed by atoms with van der Waals surface area (Å²) < 4.78 is 0. The van der Waals surface area contributed by atoms with Crippen LogP contribution >= 0.6 is 0 Å². The standard InChI is InChI=1S/C15H20N2/c1-4-13(5-2)16-15-11(3)10-12-8-6-7-9-14(12)17-15/h6-10,13H,4-5H2,1-3H3,(H,16,17). The zero-order valence-electron chi connectivity index (χ0n) is 10.8. The van der Waals surface area contributed by atoms with Gasteiger partial charge in [-0.2, -0.15) is 0 Å². The van der Waals surface area contributed by atoms with E-state index in [1.165, 1.54) is 10.9 Å². The number of aromatic nitrogens is 1. The summed E-state index contributed by atoms with van der Waals surface area (Å²) in [6, 6.07) is 11.0. The first-order valence-corrected chi connectivity index (χ1v) is 6.37. The van der Waals surface area contributed by atoms with E-state index in [2.05, 4.69) is 50.4 Å². The molecule has 0 bridgehead atoms. The number of pyridine rings is 1. The summed E-state index contributed by atoms with van der Waals surface area (Å²) in [7, 11) is 0. The number of nitrogens with one attached hydrogen (secondary N) is 1. The SMILES string of the molecule is CCC(CC)Nc1nc2ccccc2cc1C. The van der Waals surface area contributed by atoms with Crippen LogP contribution in [0.15, 0.2) is 30.3 Å². The maximum atomic E-state index is 4.70. The first-order chi connectivity index (χ1) is 8.24. The van der Waals surface area contributed by atoms with Crippen LogP contribution in [0.25, 0.3) is 10.9 Å². The number of anilines is 1. The van der Waals surface area contributed by atoms with Gasteiger partial charge in [-0.1, -0.05) is 32.0 Å². The minimum atomic E-state index is 0.516. The number of rotatable bonds is 4. The van der Waals surface area contributed by atoms with Gasteiger partial charge in [-0.3, -0.25) is 0 Å². The van der Waals surface area contributed by atoms with Gasteiger partial charge in [0.25, 0.3) is 0 Å². The highest BCUT2D eigenvalue weighted by Gasteiger charge is 2.07. The quantitative estimate of drug-likeness (QED) is 0.850. The Morgan fingerprint density at radius 3 is 2.59 bits per heavy atom. The summed E-state index contributed by atoms with van der Waals surface area (Å²) in [5.74, 6) is 1.03. The molecular formula is C15H20N2. The number of para-hydroxylation sites is 1. The second-order valence-electron chi connectivity index (χ2n) is 4.50. The molecule has 0 aliphatic rings. The van der Waals surface area contributed by atoms with Gasteiger partial charge in [0.1, 0.15) is 5.82 Å². The zero-order chi connectivity index (χ0) is 12.3. The number of nitrogens with zero attached hydrogens (tertiary/aromatic N) is 1. The van der Waals surface area contributed by atoms with E-state index in [1.54, 1.807) is 0 Å². The molecule has 0 saturated heterocycles. The first-order valence-electron chi connectivity index (χ1n) is 6.37. The van der Waals surface area contributed by atoms with Crippen molar-refractivity contribution in [1.82, 2.24) is 4.98 Å². The van der Waals surface area contributed by atoms with Crippen molar-refractivity contribution in [3.63, 3.8) is 0 Å². The minimum Gasteiger partial charge on any atom is -0.367 e. The molecule has 0 unspecified atom stereocenters. The average Bonchev–Trinajstić information content (AvgIpc) is 2.36. The molecule has 17 heavy (non-hydrogen) atoms. The van der Waals surface area contributed by atoms with Gasteiger partial charge in [-0.05, 0) is 37.5 Å². The largest absolute Gasteiger partial charge is 0.367 e. The van der Waals surface area contributed by atoms with Crippen molar-refractivity contribution >= 4 is 16.7 Å². The summed E-state index contributed by atoms with van der Waals surface area (Å²) in [5, 5.41) is 4.74. The van der Waals surface area contributed by atoms with Crippen LogP contribution in [0.4, 0.5) is 5.82 Å². The molecule has 2 rings (SSSR count). The Balaban J connectivity index is 2.37. The molecule has 0 spiro atoms. The molecule has 0 saturated carbocycles. The van der Waals surface area contributed by atoms with E-state index in [0.717, 1.165) is 24.2 Å². The number of fused-ring (bicyclic) bond motifs is 1. The molecule has 0 aliphatic carbocycles. The molecule has 1 N–H and O–H groups in total. The summed E-state index contributed by atoms with van der Waals surface area (Å²) in [6.07, 6.45) is 2.26. The Labute approximate surface area is 103 Å². The van der Waals surface area contributed by atoms with E-state index in [9.17, 15) is 0 Å². The summed E-state index contributed by atoms with van der Waals surface area (Å²) in [6.45, 7) is 6.53. The van der Waals surface area contributed by atoms with E-state index in [1.807, 2.05) is 6.07 Å². The number of aryl methyl sites for hydroxylation is 1. The highest BCUT2D eigenvalue weighted by Crippen LogP contribution is 2.20. The fraction of sp³-hybridized carbons (Fsp3) is 0.400. The van der Waals surface area contributed by atoms with Crippen LogP contribution in [0, 0.1) is 6.92 Å². The van der Waals surface area contributed by atoms with E-state index in [0.29, 0.717) is 6.04 Å². The Morgan fingerprint density at radius 1 is 1.18 bits per heavy atom. The van der Waals surface area contributed by atoms with Gasteiger partial charge in [-0.25, -0.2) is 4.98 Å². The van der Waals surface area contributed by atoms with E-state index < -0.39 is 0 Å². The molecule has 0 radical (unpaired) electrons. The Morgan fingerprint density at radius 2 is 1.88 bits per heavy atom. The molecule has 2 heteroatoms. The fourth-order valence-corrected chi connectivity index (χ4v) is 2.05. The second kappa shape index (κ2) is 5.17. The molecule has 0 atom stereocenters. The number of hydrogen-bond acceptors (Lipinski definition) is 2. The monoisotopic (exact) mass is 228 g/mol. The van der Waals surface area contributed by atoms with Crippen LogP contribution < -0.4 is 5.32 Å². The van der Waals surface area contributed by atoms with Crippen molar-refractivity contribution in [2.75, 3.05) is 5.32 Å². The van der Waals surface area contributed by atoms with Crippen LogP contribution in [-0.2, 0) is 0 Å². The van der Waals surface area contributed by atoms with Gasteiger partial charge in [0.2, 0.25) is 0 Å². The first kappa shape index (κ1) is 11.9. The molecule has 2 aromatic rings. The van der Waals surface area contributed by atoms with Crippen molar-refractivity contribution in [3.05, 3.63) is 35.9 Å². The highest BCUT2D eigenvalue weighted by molar-refractivity contribution is 5.81. The molecular weight excluding hydrogens is 208 g/mol.